The van der Waals surface area contributed by atoms with Gasteiger partial charge in [-0.05, 0) is 40.4 Å². The van der Waals surface area contributed by atoms with E-state index in [-0.39, 0.29) is 11.8 Å². The normalized spacial score (nSPS) is 25.5. The Morgan fingerprint density at radius 3 is 2.84 bits per heavy atom. The number of hydrogen-bond acceptors (Lipinski definition) is 4. The molecule has 3 rings (SSSR count). The van der Waals surface area contributed by atoms with Crippen LogP contribution in [0.5, 0.6) is 5.88 Å². The van der Waals surface area contributed by atoms with E-state index in [2.05, 4.69) is 26.0 Å². The van der Waals surface area contributed by atoms with Crippen molar-refractivity contribution in [3.05, 3.63) is 16.7 Å². The summed E-state index contributed by atoms with van der Waals surface area (Å²) in [6.07, 6.45) is 0.677. The van der Waals surface area contributed by atoms with Crippen LogP contribution in [0.15, 0.2) is 16.7 Å². The van der Waals surface area contributed by atoms with Gasteiger partial charge >= 0.3 is 0 Å². The van der Waals surface area contributed by atoms with E-state index in [9.17, 15) is 4.79 Å². The summed E-state index contributed by atoms with van der Waals surface area (Å²) < 4.78 is 7.53. The number of amides is 1. The minimum atomic E-state index is -0.775. The molecule has 2 heterocycles. The number of rotatable bonds is 3. The Bertz CT molecular complexity index is 684. The molecule has 2 atom stereocenters. The van der Waals surface area contributed by atoms with Gasteiger partial charge in [0.2, 0.25) is 11.8 Å². The van der Waals surface area contributed by atoms with E-state index < -0.39 is 5.54 Å². The van der Waals surface area contributed by atoms with Gasteiger partial charge in [0.1, 0.15) is 10.1 Å². The van der Waals surface area contributed by atoms with Crippen molar-refractivity contribution in [1.82, 2.24) is 14.8 Å². The van der Waals surface area contributed by atoms with Crippen LogP contribution in [0, 0.1) is 5.92 Å². The Morgan fingerprint density at radius 2 is 2.32 bits per heavy atom. The molecule has 19 heavy (non-hydrogen) atoms. The van der Waals surface area contributed by atoms with E-state index in [1.807, 2.05) is 19.1 Å². The summed E-state index contributed by atoms with van der Waals surface area (Å²) in [5, 5.41) is 5.13. The molecule has 0 aromatic carbocycles. The van der Waals surface area contributed by atoms with Gasteiger partial charge < -0.3 is 10.5 Å². The second-order valence-electron chi connectivity index (χ2n) is 4.82. The third-order valence-corrected chi connectivity index (χ3v) is 4.18. The van der Waals surface area contributed by atoms with E-state index in [4.69, 9.17) is 10.5 Å². The van der Waals surface area contributed by atoms with Crippen LogP contribution < -0.4 is 10.5 Å². The molecule has 1 aliphatic rings. The van der Waals surface area contributed by atoms with Crippen LogP contribution in [-0.4, -0.2) is 27.8 Å². The number of aromatic nitrogens is 3. The van der Waals surface area contributed by atoms with Crippen molar-refractivity contribution in [3.8, 4) is 5.88 Å². The zero-order valence-electron chi connectivity index (χ0n) is 10.6. The van der Waals surface area contributed by atoms with Crippen molar-refractivity contribution in [2.24, 2.45) is 11.7 Å². The van der Waals surface area contributed by atoms with Gasteiger partial charge in [0, 0.05) is 0 Å². The van der Waals surface area contributed by atoms with E-state index in [1.54, 1.807) is 11.8 Å². The summed E-state index contributed by atoms with van der Waals surface area (Å²) in [5.74, 6) is 0.224. The number of halogens is 1. The number of carbonyl (C=O) groups is 1. The molecule has 2 aromatic heterocycles. The molecule has 1 aliphatic carbocycles. The first-order valence-electron chi connectivity index (χ1n) is 5.90. The first-order chi connectivity index (χ1) is 9.00. The zero-order valence-corrected chi connectivity index (χ0v) is 12.1. The fraction of sp³-hybridized carbons (Fsp3) is 0.417. The Kier molecular flexibility index (Phi) is 2.57. The lowest BCUT2D eigenvalue weighted by Crippen LogP contribution is -2.36. The quantitative estimate of drug-likeness (QED) is 0.865. The molecule has 2 aromatic rings. The van der Waals surface area contributed by atoms with E-state index in [0.717, 1.165) is 5.39 Å². The van der Waals surface area contributed by atoms with Crippen molar-refractivity contribution in [1.29, 1.82) is 0 Å². The standard InChI is InChI=1S/C12H13BrN4O2/c1-6-5-12(6,11(14)18)17-9-7(10(16-17)19-2)3-4-8(13)15-9/h3-4,6H,5H2,1-2H3,(H2,14,18)/t6-,12-/m0/s1. The lowest BCUT2D eigenvalue weighted by molar-refractivity contribution is -0.123. The number of carbonyl (C=O) groups excluding carboxylic acids is 1. The number of fused-ring (bicyclic) bond motifs is 1. The molecule has 100 valence electrons. The molecule has 1 saturated carbocycles. The monoisotopic (exact) mass is 324 g/mol. The van der Waals surface area contributed by atoms with Gasteiger partial charge in [-0.15, -0.1) is 5.10 Å². The van der Waals surface area contributed by atoms with Crippen molar-refractivity contribution in [2.75, 3.05) is 7.11 Å². The summed E-state index contributed by atoms with van der Waals surface area (Å²) >= 11 is 3.33. The second kappa shape index (κ2) is 3.93. The Morgan fingerprint density at radius 1 is 1.63 bits per heavy atom. The number of nitrogens with two attached hydrogens (primary N) is 1. The van der Waals surface area contributed by atoms with Gasteiger partial charge in [0.05, 0.1) is 12.5 Å². The van der Waals surface area contributed by atoms with E-state index in [1.165, 1.54) is 0 Å². The highest BCUT2D eigenvalue weighted by Gasteiger charge is 2.60. The van der Waals surface area contributed by atoms with Crippen LogP contribution in [-0.2, 0) is 10.3 Å². The molecule has 0 saturated heterocycles. The largest absolute Gasteiger partial charge is 0.479 e. The maximum atomic E-state index is 11.8. The van der Waals surface area contributed by atoms with Crippen molar-refractivity contribution < 1.29 is 9.53 Å². The molecule has 0 radical (unpaired) electrons. The second-order valence-corrected chi connectivity index (χ2v) is 5.63. The molecule has 1 fully saturated rings. The lowest BCUT2D eigenvalue weighted by atomic mass is 10.2. The van der Waals surface area contributed by atoms with Gasteiger partial charge in [-0.2, -0.15) is 0 Å². The number of hydrogen-bond donors (Lipinski definition) is 1. The van der Waals surface area contributed by atoms with E-state index >= 15 is 0 Å². The molecule has 0 bridgehead atoms. The highest BCUT2D eigenvalue weighted by atomic mass is 79.9. The number of nitrogens with zero attached hydrogens (tertiary/aromatic N) is 3. The summed E-state index contributed by atoms with van der Waals surface area (Å²) in [6.45, 7) is 1.97. The molecule has 7 heteroatoms. The molecule has 0 aliphatic heterocycles. The topological polar surface area (TPSA) is 83.0 Å². The molecule has 0 unspecified atom stereocenters. The zero-order chi connectivity index (χ0) is 13.8. The number of primary amides is 1. The summed E-state index contributed by atoms with van der Waals surface area (Å²) in [6, 6.07) is 3.67. The van der Waals surface area contributed by atoms with Gasteiger partial charge in [-0.1, -0.05) is 6.92 Å². The average molecular weight is 325 g/mol. The summed E-state index contributed by atoms with van der Waals surface area (Å²) in [5.41, 5.74) is 5.39. The minimum Gasteiger partial charge on any atom is -0.479 e. The minimum absolute atomic E-state index is 0.151. The van der Waals surface area contributed by atoms with Crippen LogP contribution in [0.3, 0.4) is 0 Å². The SMILES string of the molecule is COc1nn([C@@]2(C(N)=O)C[C@@H]2C)c2nc(Br)ccc12. The summed E-state index contributed by atoms with van der Waals surface area (Å²) in [4.78, 5) is 16.2. The van der Waals surface area contributed by atoms with Gasteiger partial charge in [0.15, 0.2) is 5.65 Å². The fourth-order valence-electron chi connectivity index (χ4n) is 2.53. The van der Waals surface area contributed by atoms with Crippen LogP contribution in [0.4, 0.5) is 0 Å². The number of methoxy groups -OCH3 is 1. The third-order valence-electron chi connectivity index (χ3n) is 3.73. The van der Waals surface area contributed by atoms with Crippen LogP contribution in [0.2, 0.25) is 0 Å². The maximum Gasteiger partial charge on any atom is 0.245 e. The van der Waals surface area contributed by atoms with E-state index in [0.29, 0.717) is 22.6 Å². The van der Waals surface area contributed by atoms with Gasteiger partial charge in [-0.3, -0.25) is 4.79 Å². The maximum absolute atomic E-state index is 11.8. The molecule has 2 N–H and O–H groups in total. The molecular formula is C12H13BrN4O2. The predicted octanol–water partition coefficient (Wildman–Crippen LogP) is 1.42. The third kappa shape index (κ3) is 1.57. The first kappa shape index (κ1) is 12.4. The average Bonchev–Trinajstić information content (AvgIpc) is 2.92. The van der Waals surface area contributed by atoms with Gasteiger partial charge in [-0.25, -0.2) is 9.67 Å². The van der Waals surface area contributed by atoms with Gasteiger partial charge in [0.25, 0.3) is 0 Å². The van der Waals surface area contributed by atoms with Crippen LogP contribution in [0.25, 0.3) is 11.0 Å². The predicted molar refractivity (Wildman–Crippen MR) is 72.7 cm³/mol. The number of pyridine rings is 1. The molecule has 6 nitrogen and oxygen atoms in total. The fourth-order valence-corrected chi connectivity index (χ4v) is 2.83. The van der Waals surface area contributed by atoms with Crippen LogP contribution >= 0.6 is 15.9 Å². The lowest BCUT2D eigenvalue weighted by Gasteiger charge is -2.13. The Balaban J connectivity index is 2.30. The highest BCUT2D eigenvalue weighted by molar-refractivity contribution is 9.10. The van der Waals surface area contributed by atoms with Crippen molar-refractivity contribution in [2.45, 2.75) is 18.9 Å². The molecular weight excluding hydrogens is 312 g/mol. The molecule has 0 spiro atoms. The number of ether oxygens (including phenoxy) is 1. The van der Waals surface area contributed by atoms with Crippen molar-refractivity contribution >= 4 is 32.9 Å². The molecule has 1 amide bonds. The highest BCUT2D eigenvalue weighted by Crippen LogP contribution is 2.51. The Labute approximate surface area is 118 Å². The Hall–Kier alpha value is -1.63. The van der Waals surface area contributed by atoms with Crippen molar-refractivity contribution in [3.63, 3.8) is 0 Å². The summed E-state index contributed by atoms with van der Waals surface area (Å²) in [7, 11) is 1.54. The van der Waals surface area contributed by atoms with Crippen LogP contribution in [0.1, 0.15) is 13.3 Å². The smallest absolute Gasteiger partial charge is 0.245 e. The first-order valence-corrected chi connectivity index (χ1v) is 6.69.